The van der Waals surface area contributed by atoms with Crippen LogP contribution >= 0.6 is 0 Å². The number of non-ortho nitro benzene ring substituents is 1. The summed E-state index contributed by atoms with van der Waals surface area (Å²) >= 11 is 0. The molecule has 0 saturated carbocycles. The van der Waals surface area contributed by atoms with Crippen molar-refractivity contribution < 1.29 is 4.92 Å². The molecule has 5 nitrogen and oxygen atoms in total. The quantitative estimate of drug-likeness (QED) is 0.619. The van der Waals surface area contributed by atoms with E-state index >= 15 is 0 Å². The Morgan fingerprint density at radius 2 is 2.14 bits per heavy atom. The van der Waals surface area contributed by atoms with E-state index in [1.807, 2.05) is 12.1 Å². The van der Waals surface area contributed by atoms with Crippen LogP contribution in [0.5, 0.6) is 0 Å². The van der Waals surface area contributed by atoms with Gasteiger partial charge in [-0.05, 0) is 44.8 Å². The zero-order valence-electron chi connectivity index (χ0n) is 12.9. The zero-order chi connectivity index (χ0) is 15.2. The molecule has 116 valence electrons. The smallest absolute Gasteiger partial charge is 0.269 e. The number of hydrogen-bond donors (Lipinski definition) is 1. The van der Waals surface area contributed by atoms with Gasteiger partial charge in [-0.1, -0.05) is 19.1 Å². The number of rotatable bonds is 7. The van der Waals surface area contributed by atoms with Gasteiger partial charge in [-0.25, -0.2) is 0 Å². The molecule has 21 heavy (non-hydrogen) atoms. The Bertz CT molecular complexity index is 455. The van der Waals surface area contributed by atoms with Gasteiger partial charge < -0.3 is 5.32 Å². The lowest BCUT2D eigenvalue weighted by Crippen LogP contribution is -2.39. The number of nitrogens with zero attached hydrogens (tertiary/aromatic N) is 2. The summed E-state index contributed by atoms with van der Waals surface area (Å²) in [6.45, 7) is 7.60. The van der Waals surface area contributed by atoms with Crippen LogP contribution in [0.1, 0.15) is 44.7 Å². The van der Waals surface area contributed by atoms with E-state index in [1.165, 1.54) is 12.8 Å². The lowest BCUT2D eigenvalue weighted by molar-refractivity contribution is -0.384. The van der Waals surface area contributed by atoms with Crippen molar-refractivity contribution in [2.75, 3.05) is 19.6 Å². The maximum absolute atomic E-state index is 10.7. The van der Waals surface area contributed by atoms with E-state index in [9.17, 15) is 10.1 Å². The Hall–Kier alpha value is -1.46. The molecule has 1 fully saturated rings. The molecule has 1 aromatic rings. The highest BCUT2D eigenvalue weighted by atomic mass is 16.6. The first-order valence-electron chi connectivity index (χ1n) is 7.83. The largest absolute Gasteiger partial charge is 0.313 e. The second-order valence-electron chi connectivity index (χ2n) is 5.81. The Kier molecular flexibility index (Phi) is 5.70. The molecular formula is C16H25N3O2. The van der Waals surface area contributed by atoms with Crippen molar-refractivity contribution in [3.63, 3.8) is 0 Å². The van der Waals surface area contributed by atoms with Gasteiger partial charge in [0.05, 0.1) is 4.92 Å². The van der Waals surface area contributed by atoms with E-state index in [2.05, 4.69) is 24.1 Å². The number of hydrogen-bond acceptors (Lipinski definition) is 4. The summed E-state index contributed by atoms with van der Waals surface area (Å²) in [6, 6.07) is 7.83. The van der Waals surface area contributed by atoms with E-state index in [0.29, 0.717) is 6.04 Å². The minimum absolute atomic E-state index is 0.158. The number of benzene rings is 1. The van der Waals surface area contributed by atoms with E-state index < -0.39 is 0 Å². The van der Waals surface area contributed by atoms with Gasteiger partial charge in [0.2, 0.25) is 0 Å². The van der Waals surface area contributed by atoms with Crippen LogP contribution < -0.4 is 5.32 Å². The topological polar surface area (TPSA) is 58.4 Å². The van der Waals surface area contributed by atoms with E-state index in [0.717, 1.165) is 31.6 Å². The molecule has 2 atom stereocenters. The highest BCUT2D eigenvalue weighted by molar-refractivity contribution is 5.34. The van der Waals surface area contributed by atoms with Gasteiger partial charge in [0.15, 0.2) is 0 Å². The highest BCUT2D eigenvalue weighted by Gasteiger charge is 2.22. The Balaban J connectivity index is 2.05. The number of nitro groups is 1. The lowest BCUT2D eigenvalue weighted by Gasteiger charge is -2.31. The molecule has 0 aromatic heterocycles. The lowest BCUT2D eigenvalue weighted by atomic mass is 10.0. The van der Waals surface area contributed by atoms with E-state index in [-0.39, 0.29) is 16.7 Å². The number of nitro benzene ring substituents is 1. The van der Waals surface area contributed by atoms with Crippen LogP contribution in [0.25, 0.3) is 0 Å². The molecule has 0 bridgehead atoms. The van der Waals surface area contributed by atoms with Crippen molar-refractivity contribution in [3.8, 4) is 0 Å². The maximum Gasteiger partial charge on any atom is 0.269 e. The standard InChI is InChI=1S/C16H25N3O2/c1-3-11-18(12-15-5-4-10-17-15)13(2)14-6-8-16(9-7-14)19(20)21/h6-9,13,15,17H,3-5,10-12H2,1-2H3. The summed E-state index contributed by atoms with van der Waals surface area (Å²) in [6.07, 6.45) is 3.62. The van der Waals surface area contributed by atoms with Gasteiger partial charge in [-0.2, -0.15) is 0 Å². The third kappa shape index (κ3) is 4.25. The fourth-order valence-electron chi connectivity index (χ4n) is 3.01. The molecule has 0 spiro atoms. The van der Waals surface area contributed by atoms with Crippen molar-refractivity contribution in [2.45, 2.75) is 45.2 Å². The number of nitrogens with one attached hydrogen (secondary N) is 1. The molecule has 1 saturated heterocycles. The monoisotopic (exact) mass is 291 g/mol. The molecule has 1 aliphatic heterocycles. The summed E-state index contributed by atoms with van der Waals surface area (Å²) < 4.78 is 0. The molecule has 2 rings (SSSR count). The summed E-state index contributed by atoms with van der Waals surface area (Å²) in [7, 11) is 0. The summed E-state index contributed by atoms with van der Waals surface area (Å²) in [5.41, 5.74) is 1.30. The summed E-state index contributed by atoms with van der Waals surface area (Å²) in [4.78, 5) is 12.9. The fourth-order valence-corrected chi connectivity index (χ4v) is 3.01. The Morgan fingerprint density at radius 3 is 2.67 bits per heavy atom. The van der Waals surface area contributed by atoms with Crippen LogP contribution in [0.4, 0.5) is 5.69 Å². The van der Waals surface area contributed by atoms with Gasteiger partial charge in [0, 0.05) is 30.8 Å². The minimum Gasteiger partial charge on any atom is -0.313 e. The molecule has 1 N–H and O–H groups in total. The molecule has 0 radical (unpaired) electrons. The zero-order valence-corrected chi connectivity index (χ0v) is 12.9. The van der Waals surface area contributed by atoms with E-state index in [4.69, 9.17) is 0 Å². The van der Waals surface area contributed by atoms with E-state index in [1.54, 1.807) is 12.1 Å². The SMILES string of the molecule is CCCN(CC1CCCN1)C(C)c1ccc([N+](=O)[O-])cc1. The van der Waals surface area contributed by atoms with Crippen molar-refractivity contribution in [1.82, 2.24) is 10.2 Å². The highest BCUT2D eigenvalue weighted by Crippen LogP contribution is 2.24. The molecular weight excluding hydrogens is 266 g/mol. The van der Waals surface area contributed by atoms with Gasteiger partial charge in [0.25, 0.3) is 5.69 Å². The normalized spacial score (nSPS) is 19.9. The molecule has 2 unspecified atom stereocenters. The van der Waals surface area contributed by atoms with Gasteiger partial charge >= 0.3 is 0 Å². The predicted molar refractivity (Wildman–Crippen MR) is 84.4 cm³/mol. The molecule has 1 aliphatic rings. The van der Waals surface area contributed by atoms with Crippen LogP contribution in [0.15, 0.2) is 24.3 Å². The minimum atomic E-state index is -0.347. The van der Waals surface area contributed by atoms with Gasteiger partial charge in [-0.15, -0.1) is 0 Å². The molecule has 1 aromatic carbocycles. The van der Waals surface area contributed by atoms with Crippen LogP contribution in [-0.2, 0) is 0 Å². The summed E-state index contributed by atoms with van der Waals surface area (Å²) in [5, 5.41) is 14.3. The van der Waals surface area contributed by atoms with Crippen LogP contribution in [-0.4, -0.2) is 35.5 Å². The molecule has 0 amide bonds. The molecule has 1 heterocycles. The van der Waals surface area contributed by atoms with Crippen LogP contribution in [0.3, 0.4) is 0 Å². The van der Waals surface area contributed by atoms with Crippen LogP contribution in [0, 0.1) is 10.1 Å². The third-order valence-corrected chi connectivity index (χ3v) is 4.26. The van der Waals surface area contributed by atoms with Crippen LogP contribution in [0.2, 0.25) is 0 Å². The van der Waals surface area contributed by atoms with Crippen molar-refractivity contribution in [1.29, 1.82) is 0 Å². The average Bonchev–Trinajstić information content (AvgIpc) is 2.99. The average molecular weight is 291 g/mol. The van der Waals surface area contributed by atoms with Crippen molar-refractivity contribution >= 4 is 5.69 Å². The van der Waals surface area contributed by atoms with Gasteiger partial charge in [0.1, 0.15) is 0 Å². The first-order chi connectivity index (χ1) is 10.1. The third-order valence-electron chi connectivity index (χ3n) is 4.26. The second kappa shape index (κ2) is 7.52. The predicted octanol–water partition coefficient (Wildman–Crippen LogP) is 3.12. The molecule has 0 aliphatic carbocycles. The van der Waals surface area contributed by atoms with Gasteiger partial charge in [-0.3, -0.25) is 15.0 Å². The Labute approximate surface area is 126 Å². The molecule has 5 heteroatoms. The fraction of sp³-hybridized carbons (Fsp3) is 0.625. The summed E-state index contributed by atoms with van der Waals surface area (Å²) in [5.74, 6) is 0. The van der Waals surface area contributed by atoms with Crippen molar-refractivity contribution in [2.24, 2.45) is 0 Å². The Morgan fingerprint density at radius 1 is 1.43 bits per heavy atom. The van der Waals surface area contributed by atoms with Crippen molar-refractivity contribution in [3.05, 3.63) is 39.9 Å². The second-order valence-corrected chi connectivity index (χ2v) is 5.81. The first kappa shape index (κ1) is 15.9. The first-order valence-corrected chi connectivity index (χ1v) is 7.83. The maximum atomic E-state index is 10.7.